The van der Waals surface area contributed by atoms with E-state index in [0.717, 1.165) is 33.4 Å². The highest BCUT2D eigenvalue weighted by atomic mass is 32.2. The van der Waals surface area contributed by atoms with E-state index in [1.165, 1.54) is 0 Å². The first kappa shape index (κ1) is 23.3. The number of aromatic nitrogens is 3. The van der Waals surface area contributed by atoms with Crippen LogP contribution in [0.25, 0.3) is 11.4 Å². The third-order valence-corrected chi connectivity index (χ3v) is 7.94. The molecule has 0 saturated heterocycles. The lowest BCUT2D eigenvalue weighted by atomic mass is 10.1. The Kier molecular flexibility index (Phi) is 7.02. The molecule has 0 amide bonds. The van der Waals surface area contributed by atoms with Gasteiger partial charge < -0.3 is 8.98 Å². The van der Waals surface area contributed by atoms with E-state index in [1.54, 1.807) is 42.3 Å². The molecule has 1 N–H and O–H groups in total. The van der Waals surface area contributed by atoms with Crippen LogP contribution >= 0.6 is 11.8 Å². The lowest BCUT2D eigenvalue weighted by Crippen LogP contribution is -2.29. The lowest BCUT2D eigenvalue weighted by Gasteiger charge is -2.19. The summed E-state index contributed by atoms with van der Waals surface area (Å²) in [5.74, 6) is 2.19. The number of thioether (sulfide) groups is 1. The maximum atomic E-state index is 13.0. The summed E-state index contributed by atoms with van der Waals surface area (Å²) in [6, 6.07) is 18.0. The number of hydrogen-bond acceptors (Lipinski definition) is 6. The van der Waals surface area contributed by atoms with Crippen LogP contribution in [0.15, 0.2) is 81.4 Å². The van der Waals surface area contributed by atoms with Crippen molar-refractivity contribution >= 4 is 21.8 Å². The fourth-order valence-corrected chi connectivity index (χ4v) is 5.69. The molecule has 2 aromatic heterocycles. The van der Waals surface area contributed by atoms with Crippen molar-refractivity contribution in [3.63, 3.8) is 0 Å². The lowest BCUT2D eigenvalue weighted by molar-refractivity contribution is 0.534. The topological polar surface area (TPSA) is 90.0 Å². The molecule has 0 fully saturated rings. The largest absolute Gasteiger partial charge is 0.469 e. The minimum absolute atomic E-state index is 0.259. The summed E-state index contributed by atoms with van der Waals surface area (Å²) in [7, 11) is -1.75. The van der Waals surface area contributed by atoms with E-state index < -0.39 is 10.0 Å². The summed E-state index contributed by atoms with van der Waals surface area (Å²) in [4.78, 5) is 0.259. The maximum Gasteiger partial charge on any atom is 0.241 e. The van der Waals surface area contributed by atoms with Crippen molar-refractivity contribution in [3.05, 3.63) is 83.8 Å². The molecular formula is C24H26N4O3S2. The van der Waals surface area contributed by atoms with Crippen LogP contribution in [0.2, 0.25) is 0 Å². The van der Waals surface area contributed by atoms with Crippen LogP contribution in [0.1, 0.15) is 29.3 Å². The van der Waals surface area contributed by atoms with Gasteiger partial charge in [0.25, 0.3) is 0 Å². The van der Waals surface area contributed by atoms with E-state index >= 15 is 0 Å². The van der Waals surface area contributed by atoms with Gasteiger partial charge in [0.1, 0.15) is 5.76 Å². The molecule has 7 nitrogen and oxygen atoms in total. The standard InChI is InChI=1S/C24H26N4O3S2/c1-17-9-11-20(12-10-17)33(29,30)27-22(19-7-5-4-6-8-19)14-16-32-24-26-25-23(28(24)3)21-13-15-31-18(21)2/h4-13,15,22,27H,14,16H2,1-3H3. The Balaban J connectivity index is 1.49. The first-order valence-corrected chi connectivity index (χ1v) is 13.0. The third-order valence-electron chi connectivity index (χ3n) is 5.40. The van der Waals surface area contributed by atoms with Crippen molar-refractivity contribution in [1.82, 2.24) is 19.5 Å². The van der Waals surface area contributed by atoms with Gasteiger partial charge in [0.05, 0.1) is 16.7 Å². The number of furan rings is 1. The fourth-order valence-electron chi connectivity index (χ4n) is 3.51. The van der Waals surface area contributed by atoms with E-state index in [4.69, 9.17) is 4.42 Å². The number of rotatable bonds is 9. The highest BCUT2D eigenvalue weighted by Gasteiger charge is 2.22. The molecule has 172 valence electrons. The van der Waals surface area contributed by atoms with E-state index in [9.17, 15) is 8.42 Å². The molecule has 0 spiro atoms. The quantitative estimate of drug-likeness (QED) is 0.342. The molecule has 1 unspecified atom stereocenters. The summed E-state index contributed by atoms with van der Waals surface area (Å²) >= 11 is 1.54. The summed E-state index contributed by atoms with van der Waals surface area (Å²) < 4.78 is 36.2. The van der Waals surface area contributed by atoms with Crippen LogP contribution in [-0.2, 0) is 17.1 Å². The van der Waals surface area contributed by atoms with Crippen molar-refractivity contribution in [1.29, 1.82) is 0 Å². The average Bonchev–Trinajstić information content (AvgIpc) is 3.39. The smallest absolute Gasteiger partial charge is 0.241 e. The van der Waals surface area contributed by atoms with Crippen LogP contribution in [0.5, 0.6) is 0 Å². The molecule has 2 heterocycles. The Bertz CT molecular complexity index is 1310. The molecule has 0 aliphatic carbocycles. The van der Waals surface area contributed by atoms with Crippen molar-refractivity contribution < 1.29 is 12.8 Å². The van der Waals surface area contributed by atoms with Crippen molar-refractivity contribution in [3.8, 4) is 11.4 Å². The van der Waals surface area contributed by atoms with E-state index in [1.807, 2.05) is 61.9 Å². The van der Waals surface area contributed by atoms with E-state index in [0.29, 0.717) is 12.2 Å². The Hall–Kier alpha value is -2.88. The van der Waals surface area contributed by atoms with Crippen LogP contribution in [0.4, 0.5) is 0 Å². The summed E-state index contributed by atoms with van der Waals surface area (Å²) in [5, 5.41) is 9.37. The van der Waals surface area contributed by atoms with Crippen LogP contribution in [-0.4, -0.2) is 28.9 Å². The summed E-state index contributed by atoms with van der Waals surface area (Å²) in [6.07, 6.45) is 2.23. The monoisotopic (exact) mass is 482 g/mol. The number of nitrogens with zero attached hydrogens (tertiary/aromatic N) is 3. The summed E-state index contributed by atoms with van der Waals surface area (Å²) in [5.41, 5.74) is 2.84. The molecule has 2 aromatic carbocycles. The Morgan fingerprint density at radius 1 is 1.03 bits per heavy atom. The van der Waals surface area contributed by atoms with Crippen molar-refractivity contribution in [2.24, 2.45) is 7.05 Å². The highest BCUT2D eigenvalue weighted by molar-refractivity contribution is 7.99. The number of nitrogens with one attached hydrogen (secondary N) is 1. The number of sulfonamides is 1. The zero-order valence-corrected chi connectivity index (χ0v) is 20.4. The van der Waals surface area contributed by atoms with E-state index in [-0.39, 0.29) is 10.9 Å². The van der Waals surface area contributed by atoms with Gasteiger partial charge in [-0.15, -0.1) is 10.2 Å². The van der Waals surface area contributed by atoms with Gasteiger partial charge in [0.15, 0.2) is 11.0 Å². The van der Waals surface area contributed by atoms with Gasteiger partial charge in [-0.3, -0.25) is 0 Å². The molecular weight excluding hydrogens is 456 g/mol. The number of aryl methyl sites for hydroxylation is 2. The van der Waals surface area contributed by atoms with Gasteiger partial charge >= 0.3 is 0 Å². The maximum absolute atomic E-state index is 13.0. The summed E-state index contributed by atoms with van der Waals surface area (Å²) in [6.45, 7) is 3.82. The predicted molar refractivity (Wildman–Crippen MR) is 129 cm³/mol. The molecule has 0 saturated carbocycles. The van der Waals surface area contributed by atoms with Gasteiger partial charge in [-0.2, -0.15) is 0 Å². The molecule has 33 heavy (non-hydrogen) atoms. The third kappa shape index (κ3) is 5.38. The number of benzene rings is 2. The molecule has 1 atom stereocenters. The Morgan fingerprint density at radius 3 is 2.42 bits per heavy atom. The highest BCUT2D eigenvalue weighted by Crippen LogP contribution is 2.28. The van der Waals surface area contributed by atoms with Gasteiger partial charge in [-0.05, 0) is 44.0 Å². The first-order chi connectivity index (χ1) is 15.8. The second kappa shape index (κ2) is 9.94. The molecule has 9 heteroatoms. The van der Waals surface area contributed by atoms with Gasteiger partial charge in [0.2, 0.25) is 10.0 Å². The number of hydrogen-bond donors (Lipinski definition) is 1. The molecule has 0 aliphatic heterocycles. The average molecular weight is 483 g/mol. The SMILES string of the molecule is Cc1ccc(S(=O)(=O)NC(CCSc2nnc(-c3ccoc3C)n2C)c2ccccc2)cc1. The molecule has 0 bridgehead atoms. The van der Waals surface area contributed by atoms with Crippen molar-refractivity contribution in [2.75, 3.05) is 5.75 Å². The molecule has 0 radical (unpaired) electrons. The van der Waals surface area contributed by atoms with Crippen LogP contribution in [0, 0.1) is 13.8 Å². The second-order valence-electron chi connectivity index (χ2n) is 7.79. The zero-order valence-electron chi connectivity index (χ0n) is 18.7. The Labute approximate surface area is 198 Å². The van der Waals surface area contributed by atoms with Crippen LogP contribution in [0.3, 0.4) is 0 Å². The predicted octanol–water partition coefficient (Wildman–Crippen LogP) is 4.89. The second-order valence-corrected chi connectivity index (χ2v) is 10.6. The van der Waals surface area contributed by atoms with Crippen LogP contribution < -0.4 is 4.72 Å². The zero-order chi connectivity index (χ0) is 23.4. The minimum Gasteiger partial charge on any atom is -0.469 e. The van der Waals surface area contributed by atoms with E-state index in [2.05, 4.69) is 14.9 Å². The molecule has 4 rings (SSSR count). The van der Waals surface area contributed by atoms with Gasteiger partial charge in [0, 0.05) is 18.8 Å². The van der Waals surface area contributed by atoms with Gasteiger partial charge in [-0.1, -0.05) is 59.8 Å². The normalized spacial score (nSPS) is 12.7. The fraction of sp³-hybridized carbons (Fsp3) is 0.250. The molecule has 4 aromatic rings. The minimum atomic E-state index is -3.66. The Morgan fingerprint density at radius 2 is 1.76 bits per heavy atom. The van der Waals surface area contributed by atoms with Gasteiger partial charge in [-0.25, -0.2) is 13.1 Å². The molecule has 0 aliphatic rings. The first-order valence-electron chi connectivity index (χ1n) is 10.6. The van der Waals surface area contributed by atoms with Crippen molar-refractivity contribution in [2.45, 2.75) is 36.4 Å².